The van der Waals surface area contributed by atoms with Crippen molar-refractivity contribution in [3.05, 3.63) is 164 Å². The smallest absolute Gasteiger partial charge is 0.164 e. The number of benzene rings is 8. The van der Waals surface area contributed by atoms with E-state index in [1.807, 2.05) is 42.5 Å². The molecule has 10 aromatic rings. The number of furan rings is 1. The normalized spacial score (nSPS) is 11.9. The second kappa shape index (κ2) is 10.8. The summed E-state index contributed by atoms with van der Waals surface area (Å²) in [7, 11) is 0. The zero-order valence-corrected chi connectivity index (χ0v) is 27.3. The summed E-state index contributed by atoms with van der Waals surface area (Å²) in [5, 5.41) is 7.05. The van der Waals surface area contributed by atoms with Crippen molar-refractivity contribution in [1.29, 1.82) is 0 Å². The number of nitrogens with zero attached hydrogens (tertiary/aromatic N) is 3. The zero-order chi connectivity index (χ0) is 33.5. The summed E-state index contributed by atoms with van der Waals surface area (Å²) < 4.78 is 6.58. The maximum atomic E-state index is 6.58. The van der Waals surface area contributed by atoms with Crippen LogP contribution in [0.2, 0.25) is 0 Å². The maximum absolute atomic E-state index is 6.58. The van der Waals surface area contributed by atoms with Crippen LogP contribution in [-0.2, 0) is 0 Å². The van der Waals surface area contributed by atoms with Gasteiger partial charge in [0.2, 0.25) is 0 Å². The first-order valence-corrected chi connectivity index (χ1v) is 17.2. The molecule has 1 aliphatic carbocycles. The lowest BCUT2D eigenvalue weighted by molar-refractivity contribution is 0.669. The lowest BCUT2D eigenvalue weighted by Gasteiger charge is -2.10. The van der Waals surface area contributed by atoms with Gasteiger partial charge in [0.05, 0.1) is 0 Å². The highest BCUT2D eigenvalue weighted by Crippen LogP contribution is 2.50. The van der Waals surface area contributed by atoms with Crippen molar-refractivity contribution in [2.24, 2.45) is 0 Å². The molecule has 0 unspecified atom stereocenters. The van der Waals surface area contributed by atoms with E-state index in [0.29, 0.717) is 17.5 Å². The Morgan fingerprint density at radius 2 is 0.902 bits per heavy atom. The minimum Gasteiger partial charge on any atom is -0.456 e. The van der Waals surface area contributed by atoms with Gasteiger partial charge in [-0.15, -0.1) is 0 Å². The predicted molar refractivity (Wildman–Crippen MR) is 208 cm³/mol. The van der Waals surface area contributed by atoms with Crippen LogP contribution in [-0.4, -0.2) is 15.0 Å². The van der Waals surface area contributed by atoms with E-state index in [0.717, 1.165) is 44.2 Å². The van der Waals surface area contributed by atoms with Gasteiger partial charge in [0.1, 0.15) is 11.2 Å². The SMILES string of the molecule is c1ccc(-c2nc(-c3ccc(-c4ccc5ccccc5c4)cc3)nc(-c3cccc4oc5cc6c(cc5c34)-c3cccc4cccc-6c34)n2)cc1. The lowest BCUT2D eigenvalue weighted by atomic mass is 9.99. The molecule has 2 aromatic heterocycles. The van der Waals surface area contributed by atoms with Crippen LogP contribution in [0.15, 0.2) is 168 Å². The van der Waals surface area contributed by atoms with Crippen LogP contribution in [0.25, 0.3) is 111 Å². The third kappa shape index (κ3) is 4.37. The van der Waals surface area contributed by atoms with Crippen molar-refractivity contribution in [2.45, 2.75) is 0 Å². The molecule has 0 saturated carbocycles. The van der Waals surface area contributed by atoms with Crippen LogP contribution in [0.1, 0.15) is 0 Å². The van der Waals surface area contributed by atoms with Gasteiger partial charge in [-0.05, 0) is 79.2 Å². The molecule has 2 heterocycles. The first kappa shape index (κ1) is 28.0. The second-order valence-electron chi connectivity index (χ2n) is 13.2. The van der Waals surface area contributed by atoms with Gasteiger partial charge in [-0.25, -0.2) is 15.0 Å². The molecule has 0 fully saturated rings. The van der Waals surface area contributed by atoms with E-state index in [-0.39, 0.29) is 0 Å². The molecule has 0 spiro atoms. The minimum absolute atomic E-state index is 0.608. The monoisotopic (exact) mass is 649 g/mol. The molecule has 11 rings (SSSR count). The fraction of sp³-hybridized carbons (Fsp3) is 0. The highest BCUT2D eigenvalue weighted by molar-refractivity contribution is 6.20. The van der Waals surface area contributed by atoms with Crippen molar-refractivity contribution in [3.8, 4) is 67.5 Å². The van der Waals surface area contributed by atoms with Crippen LogP contribution in [0.5, 0.6) is 0 Å². The van der Waals surface area contributed by atoms with Gasteiger partial charge in [-0.1, -0.05) is 140 Å². The summed E-state index contributed by atoms with van der Waals surface area (Å²) in [6.07, 6.45) is 0. The molecule has 8 aromatic carbocycles. The summed E-state index contributed by atoms with van der Waals surface area (Å²) >= 11 is 0. The van der Waals surface area contributed by atoms with E-state index in [1.54, 1.807) is 0 Å². The van der Waals surface area contributed by atoms with Crippen LogP contribution in [0.4, 0.5) is 0 Å². The molecule has 0 radical (unpaired) electrons. The average molecular weight is 650 g/mol. The zero-order valence-electron chi connectivity index (χ0n) is 27.3. The van der Waals surface area contributed by atoms with E-state index in [1.165, 1.54) is 49.4 Å². The van der Waals surface area contributed by atoms with Gasteiger partial charge >= 0.3 is 0 Å². The van der Waals surface area contributed by atoms with Gasteiger partial charge in [0.25, 0.3) is 0 Å². The van der Waals surface area contributed by atoms with E-state index >= 15 is 0 Å². The topological polar surface area (TPSA) is 51.8 Å². The molecule has 4 nitrogen and oxygen atoms in total. The Balaban J connectivity index is 1.08. The molecule has 1 aliphatic rings. The average Bonchev–Trinajstić information content (AvgIpc) is 3.73. The molecule has 51 heavy (non-hydrogen) atoms. The fourth-order valence-electron chi connectivity index (χ4n) is 7.82. The predicted octanol–water partition coefficient (Wildman–Crippen LogP) is 12.4. The second-order valence-corrected chi connectivity index (χ2v) is 13.2. The molecule has 0 saturated heterocycles. The Morgan fingerprint density at radius 3 is 1.69 bits per heavy atom. The Morgan fingerprint density at radius 1 is 0.314 bits per heavy atom. The number of rotatable bonds is 4. The third-order valence-electron chi connectivity index (χ3n) is 10.3. The molecule has 0 aliphatic heterocycles. The first-order valence-electron chi connectivity index (χ1n) is 17.2. The molecule has 0 amide bonds. The van der Waals surface area contributed by atoms with Crippen molar-refractivity contribution in [3.63, 3.8) is 0 Å². The number of hydrogen-bond acceptors (Lipinski definition) is 4. The van der Waals surface area contributed by atoms with E-state index in [2.05, 4.69) is 121 Å². The largest absolute Gasteiger partial charge is 0.456 e. The molecular formula is C47H27N3O. The molecule has 236 valence electrons. The minimum atomic E-state index is 0.608. The number of fused-ring (bicyclic) bond motifs is 7. The highest BCUT2D eigenvalue weighted by Gasteiger charge is 2.25. The lowest BCUT2D eigenvalue weighted by Crippen LogP contribution is -2.00. The van der Waals surface area contributed by atoms with Crippen LogP contribution in [0, 0.1) is 0 Å². The molecule has 0 atom stereocenters. The Bertz CT molecular complexity index is 3010. The summed E-state index contributed by atoms with van der Waals surface area (Å²) in [5.41, 5.74) is 11.7. The van der Waals surface area contributed by atoms with Gasteiger partial charge < -0.3 is 4.42 Å². The summed E-state index contributed by atoms with van der Waals surface area (Å²) in [5.74, 6) is 1.86. The Labute approximate surface area is 293 Å². The third-order valence-corrected chi connectivity index (χ3v) is 10.3. The van der Waals surface area contributed by atoms with Gasteiger partial charge in [-0.3, -0.25) is 0 Å². The van der Waals surface area contributed by atoms with Gasteiger partial charge in [0, 0.05) is 27.5 Å². The summed E-state index contributed by atoms with van der Waals surface area (Å²) in [4.78, 5) is 15.3. The van der Waals surface area contributed by atoms with Crippen molar-refractivity contribution in [1.82, 2.24) is 15.0 Å². The molecule has 4 heteroatoms. The van der Waals surface area contributed by atoms with Crippen LogP contribution < -0.4 is 0 Å². The van der Waals surface area contributed by atoms with Crippen LogP contribution in [0.3, 0.4) is 0 Å². The van der Waals surface area contributed by atoms with E-state index in [9.17, 15) is 0 Å². The molecule has 0 bridgehead atoms. The van der Waals surface area contributed by atoms with Crippen molar-refractivity contribution >= 4 is 43.5 Å². The van der Waals surface area contributed by atoms with Gasteiger partial charge in [0.15, 0.2) is 17.5 Å². The van der Waals surface area contributed by atoms with E-state index < -0.39 is 0 Å². The quantitative estimate of drug-likeness (QED) is 0.190. The van der Waals surface area contributed by atoms with Crippen molar-refractivity contribution in [2.75, 3.05) is 0 Å². The summed E-state index contributed by atoms with van der Waals surface area (Å²) in [6.45, 7) is 0. The molecule has 0 N–H and O–H groups in total. The van der Waals surface area contributed by atoms with Crippen LogP contribution >= 0.6 is 0 Å². The maximum Gasteiger partial charge on any atom is 0.164 e. The Kier molecular flexibility index (Phi) is 5.92. The summed E-state index contributed by atoms with van der Waals surface area (Å²) in [6, 6.07) is 57.4. The highest BCUT2D eigenvalue weighted by atomic mass is 16.3. The molecular weight excluding hydrogens is 623 g/mol. The fourth-order valence-corrected chi connectivity index (χ4v) is 7.82. The standard InChI is InChI=1S/C47H27N3O/c1-2-10-31(11-3-1)45-48-46(32-22-19-29(20-23-32)34-24-21-28-9-4-5-12-33(28)25-34)50-47(49-45)37-17-8-18-41-44(37)40-26-38-35-15-6-13-30-14-7-16-36(43(30)35)39(38)27-42(40)51-41/h1-27H. The number of hydrogen-bond donors (Lipinski definition) is 0. The van der Waals surface area contributed by atoms with Crippen molar-refractivity contribution < 1.29 is 4.42 Å². The van der Waals surface area contributed by atoms with E-state index in [4.69, 9.17) is 19.4 Å². The van der Waals surface area contributed by atoms with Gasteiger partial charge in [-0.2, -0.15) is 0 Å². The first-order chi connectivity index (χ1) is 25.2. The number of aromatic nitrogens is 3. The Hall–Kier alpha value is -6.91.